The molecule has 1 atom stereocenters. The number of likely N-dealkylation sites (tertiary alicyclic amines) is 1. The number of aliphatic hydroxyl groups is 1. The van der Waals surface area contributed by atoms with Crippen molar-refractivity contribution in [3.8, 4) is 6.07 Å². The third-order valence-electron chi connectivity index (χ3n) is 3.27. The van der Waals surface area contributed by atoms with Crippen molar-refractivity contribution < 1.29 is 9.90 Å². The normalized spacial score (nSPS) is 18.7. The summed E-state index contributed by atoms with van der Waals surface area (Å²) in [5.74, 6) is -0.167. The second-order valence-electron chi connectivity index (χ2n) is 4.42. The standard InChI is InChI=1S/C13H15N3O2/c1-9-10(7-14)4-5-12(15-9)13(18)16-6-2-3-11(16)8-17/h4-5,11,17H,2-3,6,8H2,1H3/t11-/m1/s1. The summed E-state index contributed by atoms with van der Waals surface area (Å²) in [4.78, 5) is 18.1. The molecular weight excluding hydrogens is 230 g/mol. The zero-order chi connectivity index (χ0) is 13.1. The van der Waals surface area contributed by atoms with Gasteiger partial charge < -0.3 is 10.0 Å². The summed E-state index contributed by atoms with van der Waals surface area (Å²) in [7, 11) is 0. The van der Waals surface area contributed by atoms with Gasteiger partial charge in [-0.05, 0) is 31.9 Å². The zero-order valence-corrected chi connectivity index (χ0v) is 10.3. The van der Waals surface area contributed by atoms with Gasteiger partial charge in [0.25, 0.3) is 5.91 Å². The highest BCUT2D eigenvalue weighted by Gasteiger charge is 2.29. The van der Waals surface area contributed by atoms with Crippen molar-refractivity contribution in [2.45, 2.75) is 25.8 Å². The van der Waals surface area contributed by atoms with E-state index in [0.717, 1.165) is 12.8 Å². The monoisotopic (exact) mass is 245 g/mol. The minimum Gasteiger partial charge on any atom is -0.394 e. The first-order valence-corrected chi connectivity index (χ1v) is 5.97. The largest absolute Gasteiger partial charge is 0.394 e. The summed E-state index contributed by atoms with van der Waals surface area (Å²) in [6.07, 6.45) is 1.74. The molecule has 5 nitrogen and oxygen atoms in total. The Morgan fingerprint density at radius 2 is 2.44 bits per heavy atom. The van der Waals surface area contributed by atoms with E-state index in [1.165, 1.54) is 0 Å². The summed E-state index contributed by atoms with van der Waals surface area (Å²) in [5, 5.41) is 18.0. The minimum absolute atomic E-state index is 0.0129. The third-order valence-corrected chi connectivity index (χ3v) is 3.27. The number of pyridine rings is 1. The summed E-state index contributed by atoms with van der Waals surface area (Å²) in [5.41, 5.74) is 1.38. The molecule has 1 aromatic rings. The SMILES string of the molecule is Cc1nc(C(=O)N2CCC[C@@H]2CO)ccc1C#N. The van der Waals surface area contributed by atoms with E-state index in [-0.39, 0.29) is 18.6 Å². The van der Waals surface area contributed by atoms with Crippen molar-refractivity contribution >= 4 is 5.91 Å². The Bertz CT molecular complexity index is 507. The maximum Gasteiger partial charge on any atom is 0.272 e. The molecule has 1 aromatic heterocycles. The lowest BCUT2D eigenvalue weighted by molar-refractivity contribution is 0.0671. The maximum absolute atomic E-state index is 12.2. The van der Waals surface area contributed by atoms with Crippen LogP contribution < -0.4 is 0 Å². The summed E-state index contributed by atoms with van der Waals surface area (Å²) >= 11 is 0. The molecule has 1 N–H and O–H groups in total. The van der Waals surface area contributed by atoms with Gasteiger partial charge in [-0.25, -0.2) is 4.98 Å². The minimum atomic E-state index is -0.167. The van der Waals surface area contributed by atoms with Gasteiger partial charge in [-0.1, -0.05) is 0 Å². The van der Waals surface area contributed by atoms with Crippen LogP contribution in [0.3, 0.4) is 0 Å². The van der Waals surface area contributed by atoms with Gasteiger partial charge in [0.1, 0.15) is 11.8 Å². The molecule has 1 amide bonds. The van der Waals surface area contributed by atoms with Gasteiger partial charge in [0.05, 0.1) is 23.9 Å². The van der Waals surface area contributed by atoms with Gasteiger partial charge in [-0.15, -0.1) is 0 Å². The lowest BCUT2D eigenvalue weighted by Crippen LogP contribution is -2.38. The lowest BCUT2D eigenvalue weighted by atomic mass is 10.2. The molecule has 1 fully saturated rings. The molecule has 0 spiro atoms. The van der Waals surface area contributed by atoms with Crippen molar-refractivity contribution in [1.29, 1.82) is 5.26 Å². The predicted octanol–water partition coefficient (Wildman–Crippen LogP) is 0.859. The number of carbonyl (C=O) groups is 1. The maximum atomic E-state index is 12.2. The summed E-state index contributed by atoms with van der Waals surface area (Å²) < 4.78 is 0. The fourth-order valence-corrected chi connectivity index (χ4v) is 2.24. The smallest absolute Gasteiger partial charge is 0.272 e. The van der Waals surface area contributed by atoms with Crippen LogP contribution in [-0.4, -0.2) is 40.1 Å². The van der Waals surface area contributed by atoms with Crippen LogP contribution in [0.4, 0.5) is 0 Å². The van der Waals surface area contributed by atoms with E-state index in [4.69, 9.17) is 5.26 Å². The van der Waals surface area contributed by atoms with Crippen molar-refractivity contribution in [3.05, 3.63) is 29.1 Å². The van der Waals surface area contributed by atoms with E-state index < -0.39 is 0 Å². The van der Waals surface area contributed by atoms with Crippen LogP contribution in [0, 0.1) is 18.3 Å². The van der Waals surface area contributed by atoms with Crippen LogP contribution in [-0.2, 0) is 0 Å². The first-order chi connectivity index (χ1) is 8.67. The van der Waals surface area contributed by atoms with Crippen LogP contribution >= 0.6 is 0 Å². The Hall–Kier alpha value is -1.93. The predicted molar refractivity (Wildman–Crippen MR) is 64.8 cm³/mol. The number of nitrogens with zero attached hydrogens (tertiary/aromatic N) is 3. The molecule has 0 aliphatic carbocycles. The van der Waals surface area contributed by atoms with E-state index in [1.807, 2.05) is 6.07 Å². The average Bonchev–Trinajstić information content (AvgIpc) is 2.86. The Kier molecular flexibility index (Phi) is 3.58. The van der Waals surface area contributed by atoms with Crippen LogP contribution in [0.25, 0.3) is 0 Å². The van der Waals surface area contributed by atoms with Crippen molar-refractivity contribution in [2.24, 2.45) is 0 Å². The summed E-state index contributed by atoms with van der Waals surface area (Å²) in [6, 6.07) is 5.10. The molecule has 0 aromatic carbocycles. The second kappa shape index (κ2) is 5.15. The second-order valence-corrected chi connectivity index (χ2v) is 4.42. The molecule has 0 unspecified atom stereocenters. The average molecular weight is 245 g/mol. The first kappa shape index (κ1) is 12.5. The number of aromatic nitrogens is 1. The molecule has 0 saturated carbocycles. The lowest BCUT2D eigenvalue weighted by Gasteiger charge is -2.22. The van der Waals surface area contributed by atoms with Crippen LogP contribution in [0.1, 0.15) is 34.6 Å². The first-order valence-electron chi connectivity index (χ1n) is 5.97. The molecule has 5 heteroatoms. The van der Waals surface area contributed by atoms with Gasteiger partial charge in [-0.3, -0.25) is 4.79 Å². The molecule has 0 bridgehead atoms. The fraction of sp³-hybridized carbons (Fsp3) is 0.462. The fourth-order valence-electron chi connectivity index (χ4n) is 2.24. The number of aryl methyl sites for hydroxylation is 1. The van der Waals surface area contributed by atoms with E-state index in [1.54, 1.807) is 24.0 Å². The number of carbonyl (C=O) groups excluding carboxylic acids is 1. The Morgan fingerprint density at radius 3 is 3.06 bits per heavy atom. The number of rotatable bonds is 2. The van der Waals surface area contributed by atoms with Crippen molar-refractivity contribution in [2.75, 3.05) is 13.2 Å². The number of aliphatic hydroxyl groups excluding tert-OH is 1. The highest BCUT2D eigenvalue weighted by Crippen LogP contribution is 2.19. The molecule has 1 saturated heterocycles. The summed E-state index contributed by atoms with van der Waals surface area (Å²) in [6.45, 7) is 2.36. The van der Waals surface area contributed by atoms with Gasteiger partial charge in [0.2, 0.25) is 0 Å². The van der Waals surface area contributed by atoms with Gasteiger partial charge in [-0.2, -0.15) is 5.26 Å². The Balaban J connectivity index is 2.24. The van der Waals surface area contributed by atoms with Crippen molar-refractivity contribution in [3.63, 3.8) is 0 Å². The van der Waals surface area contributed by atoms with E-state index in [2.05, 4.69) is 4.98 Å². The number of hydrogen-bond acceptors (Lipinski definition) is 4. The number of nitriles is 1. The van der Waals surface area contributed by atoms with Crippen LogP contribution in [0.5, 0.6) is 0 Å². The third kappa shape index (κ3) is 2.20. The zero-order valence-electron chi connectivity index (χ0n) is 10.3. The highest BCUT2D eigenvalue weighted by molar-refractivity contribution is 5.92. The van der Waals surface area contributed by atoms with E-state index >= 15 is 0 Å². The highest BCUT2D eigenvalue weighted by atomic mass is 16.3. The van der Waals surface area contributed by atoms with Crippen LogP contribution in [0.15, 0.2) is 12.1 Å². The topological polar surface area (TPSA) is 77.2 Å². The number of hydrogen-bond donors (Lipinski definition) is 1. The molecular formula is C13H15N3O2. The molecule has 0 radical (unpaired) electrons. The molecule has 94 valence electrons. The van der Waals surface area contributed by atoms with Crippen LogP contribution in [0.2, 0.25) is 0 Å². The number of amides is 1. The molecule has 18 heavy (non-hydrogen) atoms. The molecule has 1 aliphatic rings. The van der Waals surface area contributed by atoms with Gasteiger partial charge in [0, 0.05) is 6.54 Å². The molecule has 1 aliphatic heterocycles. The molecule has 2 heterocycles. The van der Waals surface area contributed by atoms with Gasteiger partial charge in [0.15, 0.2) is 0 Å². The Morgan fingerprint density at radius 1 is 1.67 bits per heavy atom. The Labute approximate surface area is 106 Å². The van der Waals surface area contributed by atoms with Gasteiger partial charge >= 0.3 is 0 Å². The van der Waals surface area contributed by atoms with Crippen molar-refractivity contribution in [1.82, 2.24) is 9.88 Å². The van der Waals surface area contributed by atoms with E-state index in [9.17, 15) is 9.90 Å². The van der Waals surface area contributed by atoms with E-state index in [0.29, 0.717) is 23.5 Å². The quantitative estimate of drug-likeness (QED) is 0.838. The molecule has 2 rings (SSSR count).